The SMILES string of the molecule is CCn1ncc(NC(C)c2ccc(Cl)cc2Cl)c(Cl)c1=O. The number of halogens is 3. The van der Waals surface area contributed by atoms with Crippen molar-refractivity contribution < 1.29 is 0 Å². The van der Waals surface area contributed by atoms with Crippen LogP contribution >= 0.6 is 34.8 Å². The first-order chi connectivity index (χ1) is 9.93. The van der Waals surface area contributed by atoms with Crippen LogP contribution in [0, 0.1) is 0 Å². The first-order valence-electron chi connectivity index (χ1n) is 6.41. The monoisotopic (exact) mass is 345 g/mol. The molecule has 0 saturated carbocycles. The van der Waals surface area contributed by atoms with Crippen molar-refractivity contribution in [1.82, 2.24) is 9.78 Å². The standard InChI is InChI=1S/C14H14Cl3N3O/c1-3-20-14(21)13(17)12(7-18-20)19-8(2)10-5-4-9(15)6-11(10)16/h4-8,19H,3H2,1-2H3. The molecule has 0 radical (unpaired) electrons. The van der Waals surface area contributed by atoms with Crippen molar-refractivity contribution in [1.29, 1.82) is 0 Å². The summed E-state index contributed by atoms with van der Waals surface area (Å²) < 4.78 is 1.30. The molecule has 0 aliphatic heterocycles. The predicted molar refractivity (Wildman–Crippen MR) is 87.7 cm³/mol. The number of nitrogens with zero attached hydrogens (tertiary/aromatic N) is 2. The zero-order valence-electron chi connectivity index (χ0n) is 11.5. The summed E-state index contributed by atoms with van der Waals surface area (Å²) in [5, 5.41) is 8.42. The molecule has 1 N–H and O–H groups in total. The van der Waals surface area contributed by atoms with E-state index in [1.54, 1.807) is 12.1 Å². The van der Waals surface area contributed by atoms with Crippen molar-refractivity contribution in [2.45, 2.75) is 26.4 Å². The molecule has 1 atom stereocenters. The van der Waals surface area contributed by atoms with Gasteiger partial charge in [-0.2, -0.15) is 5.10 Å². The van der Waals surface area contributed by atoms with Crippen molar-refractivity contribution in [3.8, 4) is 0 Å². The van der Waals surface area contributed by atoms with Crippen LogP contribution < -0.4 is 10.9 Å². The lowest BCUT2D eigenvalue weighted by molar-refractivity contribution is 0.615. The minimum absolute atomic E-state index is 0.115. The van der Waals surface area contributed by atoms with Gasteiger partial charge in [0.1, 0.15) is 5.02 Å². The number of benzene rings is 1. The Kier molecular flexibility index (Phi) is 5.14. The Hall–Kier alpha value is -1.23. The van der Waals surface area contributed by atoms with Crippen LogP contribution in [0.25, 0.3) is 0 Å². The molecule has 0 fully saturated rings. The van der Waals surface area contributed by atoms with E-state index in [0.717, 1.165) is 5.56 Å². The third-order valence-electron chi connectivity index (χ3n) is 3.09. The molecule has 2 aromatic rings. The smallest absolute Gasteiger partial charge is 0.287 e. The van der Waals surface area contributed by atoms with E-state index in [-0.39, 0.29) is 16.6 Å². The maximum atomic E-state index is 11.9. The second kappa shape index (κ2) is 6.69. The maximum absolute atomic E-state index is 11.9. The van der Waals surface area contributed by atoms with Gasteiger partial charge in [0.2, 0.25) is 0 Å². The van der Waals surface area contributed by atoms with Gasteiger partial charge in [-0.1, -0.05) is 40.9 Å². The highest BCUT2D eigenvalue weighted by Crippen LogP contribution is 2.29. The molecule has 2 rings (SSSR count). The Morgan fingerprint density at radius 3 is 2.67 bits per heavy atom. The lowest BCUT2D eigenvalue weighted by Crippen LogP contribution is -2.23. The van der Waals surface area contributed by atoms with Crippen LogP contribution in [0.15, 0.2) is 29.2 Å². The summed E-state index contributed by atoms with van der Waals surface area (Å²) in [5.74, 6) is 0. The predicted octanol–water partition coefficient (Wildman–Crippen LogP) is 4.40. The number of rotatable bonds is 4. The summed E-state index contributed by atoms with van der Waals surface area (Å²) in [4.78, 5) is 11.9. The first kappa shape index (κ1) is 16.1. The largest absolute Gasteiger partial charge is 0.376 e. The van der Waals surface area contributed by atoms with Crippen molar-refractivity contribution in [3.05, 3.63) is 55.4 Å². The van der Waals surface area contributed by atoms with E-state index in [1.165, 1.54) is 10.9 Å². The average Bonchev–Trinajstić information content (AvgIpc) is 2.44. The molecule has 1 unspecified atom stereocenters. The van der Waals surface area contributed by atoms with Gasteiger partial charge in [-0.3, -0.25) is 4.79 Å². The molecule has 1 aromatic heterocycles. The van der Waals surface area contributed by atoms with Gasteiger partial charge in [-0.05, 0) is 31.5 Å². The van der Waals surface area contributed by atoms with E-state index in [1.807, 2.05) is 19.9 Å². The van der Waals surface area contributed by atoms with Gasteiger partial charge >= 0.3 is 0 Å². The van der Waals surface area contributed by atoms with Crippen LogP contribution in [0.5, 0.6) is 0 Å². The van der Waals surface area contributed by atoms with E-state index in [0.29, 0.717) is 22.3 Å². The fraction of sp³-hybridized carbons (Fsp3) is 0.286. The Labute approximate surface area is 137 Å². The van der Waals surface area contributed by atoms with E-state index >= 15 is 0 Å². The van der Waals surface area contributed by atoms with E-state index < -0.39 is 0 Å². The first-order valence-corrected chi connectivity index (χ1v) is 7.54. The van der Waals surface area contributed by atoms with Crippen molar-refractivity contribution in [2.75, 3.05) is 5.32 Å². The van der Waals surface area contributed by atoms with Gasteiger partial charge in [0.15, 0.2) is 0 Å². The average molecular weight is 347 g/mol. The Bertz CT molecular complexity index is 715. The number of anilines is 1. The molecule has 4 nitrogen and oxygen atoms in total. The molecule has 0 aliphatic carbocycles. The highest BCUT2D eigenvalue weighted by Gasteiger charge is 2.14. The van der Waals surface area contributed by atoms with Gasteiger partial charge in [-0.25, -0.2) is 4.68 Å². The second-order valence-electron chi connectivity index (χ2n) is 4.53. The third-order valence-corrected chi connectivity index (χ3v) is 4.01. The Morgan fingerprint density at radius 2 is 2.05 bits per heavy atom. The van der Waals surface area contributed by atoms with Crippen LogP contribution in [0.3, 0.4) is 0 Å². The summed E-state index contributed by atoms with van der Waals surface area (Å²) in [6, 6.07) is 5.11. The molecule has 0 bridgehead atoms. The minimum Gasteiger partial charge on any atom is -0.376 e. The van der Waals surface area contributed by atoms with E-state index in [4.69, 9.17) is 34.8 Å². The Morgan fingerprint density at radius 1 is 1.33 bits per heavy atom. The zero-order chi connectivity index (χ0) is 15.6. The number of nitrogens with one attached hydrogen (secondary N) is 1. The van der Waals surface area contributed by atoms with Gasteiger partial charge in [-0.15, -0.1) is 0 Å². The lowest BCUT2D eigenvalue weighted by atomic mass is 10.1. The number of hydrogen-bond donors (Lipinski definition) is 1. The molecular weight excluding hydrogens is 333 g/mol. The molecule has 0 aliphatic rings. The summed E-state index contributed by atoms with van der Waals surface area (Å²) in [5.41, 5.74) is 1.01. The zero-order valence-corrected chi connectivity index (χ0v) is 13.8. The fourth-order valence-corrected chi connectivity index (χ4v) is 2.73. The number of aromatic nitrogens is 2. The molecule has 0 amide bonds. The number of hydrogen-bond acceptors (Lipinski definition) is 3. The molecule has 1 heterocycles. The highest BCUT2D eigenvalue weighted by atomic mass is 35.5. The van der Waals surface area contributed by atoms with Gasteiger partial charge < -0.3 is 5.32 Å². The van der Waals surface area contributed by atoms with Crippen molar-refractivity contribution in [2.24, 2.45) is 0 Å². The highest BCUT2D eigenvalue weighted by molar-refractivity contribution is 6.35. The van der Waals surface area contributed by atoms with E-state index in [9.17, 15) is 4.79 Å². The molecule has 0 spiro atoms. The van der Waals surface area contributed by atoms with Gasteiger partial charge in [0.05, 0.1) is 17.9 Å². The van der Waals surface area contributed by atoms with Crippen molar-refractivity contribution >= 4 is 40.5 Å². The van der Waals surface area contributed by atoms with E-state index in [2.05, 4.69) is 10.4 Å². The number of aryl methyl sites for hydroxylation is 1. The summed E-state index contributed by atoms with van der Waals surface area (Å²) in [7, 11) is 0. The molecule has 0 saturated heterocycles. The van der Waals surface area contributed by atoms with Crippen LogP contribution in [0.4, 0.5) is 5.69 Å². The molecule has 1 aromatic carbocycles. The van der Waals surface area contributed by atoms with Gasteiger partial charge in [0.25, 0.3) is 5.56 Å². The summed E-state index contributed by atoms with van der Waals surface area (Å²) in [6.07, 6.45) is 1.54. The second-order valence-corrected chi connectivity index (χ2v) is 5.75. The maximum Gasteiger partial charge on any atom is 0.287 e. The summed E-state index contributed by atoms with van der Waals surface area (Å²) in [6.45, 7) is 4.21. The fourth-order valence-electron chi connectivity index (χ4n) is 1.95. The van der Waals surface area contributed by atoms with Crippen LogP contribution in [0.2, 0.25) is 15.1 Å². The third kappa shape index (κ3) is 3.51. The van der Waals surface area contributed by atoms with Crippen LogP contribution in [-0.2, 0) is 6.54 Å². The molecule has 7 heteroatoms. The molecule has 21 heavy (non-hydrogen) atoms. The minimum atomic E-state index is -0.321. The summed E-state index contributed by atoms with van der Waals surface area (Å²) >= 11 is 18.1. The van der Waals surface area contributed by atoms with Gasteiger partial charge in [0, 0.05) is 16.6 Å². The quantitative estimate of drug-likeness (QED) is 0.892. The van der Waals surface area contributed by atoms with Crippen LogP contribution in [-0.4, -0.2) is 9.78 Å². The lowest BCUT2D eigenvalue weighted by Gasteiger charge is -2.18. The molecular formula is C14H14Cl3N3O. The molecule has 112 valence electrons. The normalized spacial score (nSPS) is 12.2. The topological polar surface area (TPSA) is 46.9 Å². The Balaban J connectivity index is 2.29. The van der Waals surface area contributed by atoms with Crippen LogP contribution in [0.1, 0.15) is 25.5 Å². The van der Waals surface area contributed by atoms with Crippen molar-refractivity contribution in [3.63, 3.8) is 0 Å².